The number of rotatable bonds is 7. The van der Waals surface area contributed by atoms with Gasteiger partial charge in [0.15, 0.2) is 63.1 Å². The molecule has 0 N–H and O–H groups in total. The zero-order valence-corrected chi connectivity index (χ0v) is 61.7. The maximum absolute atomic E-state index is 8.68. The summed E-state index contributed by atoms with van der Waals surface area (Å²) >= 11 is 0. The van der Waals surface area contributed by atoms with Crippen LogP contribution in [0.25, 0.3) is 87.8 Å². The van der Waals surface area contributed by atoms with Gasteiger partial charge in [-0.3, -0.25) is 14.7 Å². The molecule has 12 heterocycles. The van der Waals surface area contributed by atoms with Crippen molar-refractivity contribution in [1.29, 1.82) is 0 Å². The molecule has 0 saturated heterocycles. The Labute approximate surface area is 624 Å². The molecule has 0 radical (unpaired) electrons. The van der Waals surface area contributed by atoms with Crippen LogP contribution in [0.1, 0.15) is 99.7 Å². The molecule has 532 valence electrons. The Hall–Kier alpha value is -12.3. The number of benzene rings is 8. The number of para-hydroxylation sites is 4. The number of fused-ring (bicyclic) bond motifs is 16. The number of aryl methyl sites for hydroxylation is 4. The second-order valence-electron chi connectivity index (χ2n) is 28.1. The molecule has 0 aliphatic carbocycles. The molecule has 4 aliphatic heterocycles. The monoisotopic (exact) mass is 1410 g/mol. The lowest BCUT2D eigenvalue weighted by Crippen LogP contribution is -2.42. The Kier molecular flexibility index (Phi) is 14.9. The Morgan fingerprint density at radius 3 is 0.934 bits per heavy atom. The van der Waals surface area contributed by atoms with E-state index in [9.17, 15) is 0 Å². The molecular formula is C87H85N15O4. The SMILES string of the molecule is [2H]C(C)(C)N1c2ncccc2N(c2c(C)ccc3c2oc2ccccc23)C1C.[2H]C(C)(C)N1c2nccnc2N(c2c(C)ccc3c2oc2ccccc23)C1C.[2H]C(C)(C)N1c2nccnc2N(c2c(C)ccc3c2oc2ccccc23)C1C.[2H]C([2H])([2H])N1c2nccnc2N(c2c(C)ccc3c2oc2ccccc23)C1C. The fraction of sp³-hybridized carbons (Fsp3) is 0.253. The molecule has 4 aliphatic rings. The Morgan fingerprint density at radius 2 is 0.585 bits per heavy atom. The summed E-state index contributed by atoms with van der Waals surface area (Å²) < 4.78 is 75.1. The Morgan fingerprint density at radius 1 is 0.302 bits per heavy atom. The van der Waals surface area contributed by atoms with Crippen molar-refractivity contribution in [2.45, 2.75) is 140 Å². The number of nitrogens with zero attached hydrogens (tertiary/aromatic N) is 15. The molecule has 8 aromatic heterocycles. The number of hydrogen-bond donors (Lipinski definition) is 0. The third-order valence-electron chi connectivity index (χ3n) is 20.9. The van der Waals surface area contributed by atoms with Gasteiger partial charge >= 0.3 is 0 Å². The van der Waals surface area contributed by atoms with Gasteiger partial charge in [-0.25, -0.2) is 34.9 Å². The van der Waals surface area contributed by atoms with Gasteiger partial charge in [-0.15, -0.1) is 0 Å². The maximum Gasteiger partial charge on any atom is 0.178 e. The number of hydrogen-bond acceptors (Lipinski definition) is 19. The van der Waals surface area contributed by atoms with Gasteiger partial charge in [-0.1, -0.05) is 121 Å². The average molecular weight is 1410 g/mol. The van der Waals surface area contributed by atoms with Gasteiger partial charge in [0.1, 0.15) is 47.0 Å². The molecule has 8 aromatic carbocycles. The average Bonchev–Trinajstić information content (AvgIpc) is 1.58. The third kappa shape index (κ3) is 10.5. The van der Waals surface area contributed by atoms with Crippen molar-refractivity contribution in [2.75, 3.05) is 46.2 Å². The topological polar surface area (TPSA) is 169 Å². The lowest BCUT2D eigenvalue weighted by Gasteiger charge is -2.33. The summed E-state index contributed by atoms with van der Waals surface area (Å²) in [5, 5.41) is 8.60. The fourth-order valence-electron chi connectivity index (χ4n) is 16.3. The molecule has 0 bridgehead atoms. The molecule has 4 atom stereocenters. The highest BCUT2D eigenvalue weighted by Crippen LogP contribution is 2.53. The highest BCUT2D eigenvalue weighted by Gasteiger charge is 2.43. The van der Waals surface area contributed by atoms with Crippen molar-refractivity contribution in [1.82, 2.24) is 34.9 Å². The molecular weight excluding hydrogens is 1320 g/mol. The van der Waals surface area contributed by atoms with E-state index in [2.05, 4.69) is 157 Å². The van der Waals surface area contributed by atoms with Gasteiger partial charge in [-0.2, -0.15) is 0 Å². The Bertz CT molecular complexity index is 5610. The molecule has 0 spiro atoms. The van der Waals surface area contributed by atoms with Crippen LogP contribution in [0.2, 0.25) is 0 Å². The summed E-state index contributed by atoms with van der Waals surface area (Å²) in [6.45, 7) is 25.4. The molecule has 0 amide bonds. The van der Waals surface area contributed by atoms with E-state index in [0.29, 0.717) is 11.6 Å². The van der Waals surface area contributed by atoms with Crippen LogP contribution in [-0.2, 0) is 0 Å². The van der Waals surface area contributed by atoms with Gasteiger partial charge in [0.05, 0.1) is 32.5 Å². The number of anilines is 12. The first-order valence-electron chi connectivity index (χ1n) is 38.9. The van der Waals surface area contributed by atoms with Crippen molar-refractivity contribution in [2.24, 2.45) is 0 Å². The van der Waals surface area contributed by atoms with E-state index in [-0.39, 0.29) is 18.5 Å². The molecule has 0 saturated carbocycles. The minimum absolute atomic E-state index is 0.0603. The lowest BCUT2D eigenvalue weighted by molar-refractivity contribution is 0.598. The van der Waals surface area contributed by atoms with Crippen molar-refractivity contribution in [3.8, 4) is 0 Å². The zero-order chi connectivity index (χ0) is 78.5. The van der Waals surface area contributed by atoms with Crippen LogP contribution in [0.5, 0.6) is 0 Å². The molecule has 20 rings (SSSR count). The summed E-state index contributed by atoms with van der Waals surface area (Å²) in [4.78, 5) is 47.6. The highest BCUT2D eigenvalue weighted by molar-refractivity contribution is 6.14. The van der Waals surface area contributed by atoms with Gasteiger partial charge in [0, 0.05) is 116 Å². The van der Waals surface area contributed by atoms with Gasteiger partial charge in [-0.05, 0) is 156 Å². The third-order valence-corrected chi connectivity index (χ3v) is 20.9. The van der Waals surface area contributed by atoms with E-state index in [0.717, 1.165) is 168 Å². The fourth-order valence-corrected chi connectivity index (χ4v) is 16.3. The van der Waals surface area contributed by atoms with E-state index in [4.69, 9.17) is 25.9 Å². The molecule has 19 heteroatoms. The van der Waals surface area contributed by atoms with E-state index >= 15 is 0 Å². The normalized spacial score (nSPS) is 18.0. The van der Waals surface area contributed by atoms with E-state index in [1.54, 1.807) is 37.2 Å². The quantitative estimate of drug-likeness (QED) is 0.148. The van der Waals surface area contributed by atoms with Crippen molar-refractivity contribution in [3.05, 3.63) is 223 Å². The first kappa shape index (κ1) is 60.2. The van der Waals surface area contributed by atoms with Gasteiger partial charge < -0.3 is 42.2 Å². The Balaban J connectivity index is 0.000000108. The van der Waals surface area contributed by atoms with Crippen LogP contribution < -0.4 is 39.2 Å². The first-order valence-corrected chi connectivity index (χ1v) is 35.9. The van der Waals surface area contributed by atoms with Crippen LogP contribution >= 0.6 is 0 Å². The van der Waals surface area contributed by atoms with Crippen molar-refractivity contribution in [3.63, 3.8) is 0 Å². The standard InChI is InChI=1S/C23H23N3O.2C22H22N4O.C20H18N4O/c1-14(2)25-16(4)26(19-9-7-13-24-23(19)25)21-15(3)11-12-18-17-8-5-6-10-20(17)27-22(18)21;2*1-13(2)25-15(4)26(22-21(25)23-11-12-24-22)19-14(3)9-10-17-16-7-5-6-8-18(16)27-20(17)19;1-12-8-9-15-14-6-4-5-7-16(14)25-18(15)17(12)24-13(2)23(3)19-20(24)22-11-10-21-19/h5-14,16H,1-4H3;2*5-13,15H,1-4H3;4-11,13H,1-3H3/i14D;2*13D;3D3. The van der Waals surface area contributed by atoms with Crippen molar-refractivity contribution < 1.29 is 25.9 Å². The van der Waals surface area contributed by atoms with E-state index in [1.807, 2.05) is 167 Å². The lowest BCUT2D eigenvalue weighted by atomic mass is 10.1. The van der Waals surface area contributed by atoms with Crippen LogP contribution in [0.4, 0.5) is 69.2 Å². The number of furan rings is 4. The largest absolute Gasteiger partial charge is 0.454 e. The second-order valence-corrected chi connectivity index (χ2v) is 28.1. The molecule has 16 aromatic rings. The minimum atomic E-state index is -2.34. The van der Waals surface area contributed by atoms with Crippen LogP contribution in [0.15, 0.2) is 219 Å². The van der Waals surface area contributed by atoms with Crippen LogP contribution in [0.3, 0.4) is 0 Å². The number of aromatic nitrogens is 7. The molecule has 19 nitrogen and oxygen atoms in total. The number of pyridine rings is 1. The van der Waals surface area contributed by atoms with Gasteiger partial charge in [0.2, 0.25) is 0 Å². The van der Waals surface area contributed by atoms with Gasteiger partial charge in [0.25, 0.3) is 0 Å². The summed E-state index contributed by atoms with van der Waals surface area (Å²) in [5.41, 5.74) is 15.8. The van der Waals surface area contributed by atoms with E-state index in [1.165, 1.54) is 11.1 Å². The van der Waals surface area contributed by atoms with E-state index < -0.39 is 31.2 Å². The zero-order valence-electron chi connectivity index (χ0n) is 67.7. The maximum atomic E-state index is 8.68. The van der Waals surface area contributed by atoms with Crippen LogP contribution in [-0.4, -0.2) is 84.6 Å². The van der Waals surface area contributed by atoms with Crippen LogP contribution in [0, 0.1) is 27.7 Å². The summed E-state index contributed by atoms with van der Waals surface area (Å²) in [5.74, 6) is 4.66. The molecule has 106 heavy (non-hydrogen) atoms. The predicted octanol–water partition coefficient (Wildman–Crippen LogP) is 21.4. The van der Waals surface area contributed by atoms with Crippen molar-refractivity contribution >= 4 is 157 Å². The smallest absolute Gasteiger partial charge is 0.178 e. The summed E-state index contributed by atoms with van der Waals surface area (Å²) in [6.07, 6.45) is 10.9. The summed E-state index contributed by atoms with van der Waals surface area (Å²) in [7, 11) is 0. The predicted molar refractivity (Wildman–Crippen MR) is 432 cm³/mol. The highest BCUT2D eigenvalue weighted by atomic mass is 16.3. The first-order chi connectivity index (χ1) is 53.5. The molecule has 4 unspecified atom stereocenters. The molecule has 0 fully saturated rings. The minimum Gasteiger partial charge on any atom is -0.454 e. The summed E-state index contributed by atoms with van der Waals surface area (Å²) in [6, 6.07) is 50.6. The second kappa shape index (κ2) is 26.2.